The van der Waals surface area contributed by atoms with Crippen LogP contribution in [0.4, 0.5) is 0 Å². The van der Waals surface area contributed by atoms with Gasteiger partial charge in [-0.05, 0) is 145 Å². The van der Waals surface area contributed by atoms with Gasteiger partial charge in [-0.3, -0.25) is 4.98 Å². The zero-order valence-electron chi connectivity index (χ0n) is 34.3. The normalized spacial score (nSPS) is 14.7. The number of fused-ring (bicyclic) bond motifs is 15. The lowest BCUT2D eigenvalue weighted by molar-refractivity contribution is 0.771. The van der Waals surface area contributed by atoms with E-state index in [4.69, 9.17) is 4.98 Å². The van der Waals surface area contributed by atoms with Gasteiger partial charge in [0.1, 0.15) is 0 Å². The first-order valence-electron chi connectivity index (χ1n) is 21.9. The van der Waals surface area contributed by atoms with Crippen molar-refractivity contribution in [2.24, 2.45) is 0 Å². The van der Waals surface area contributed by atoms with Crippen molar-refractivity contribution in [2.75, 3.05) is 0 Å². The predicted octanol–water partition coefficient (Wildman–Crippen LogP) is 16.2. The monoisotopic (exact) mass is 795 g/mol. The molecule has 0 saturated heterocycles. The van der Waals surface area contributed by atoms with Crippen molar-refractivity contribution in [1.29, 1.82) is 0 Å². The Labute approximate surface area is 365 Å². The third-order valence-corrected chi connectivity index (χ3v) is 14.3. The second-order valence-corrected chi connectivity index (χ2v) is 17.3. The lowest BCUT2D eigenvalue weighted by atomic mass is 9.61. The quantitative estimate of drug-likeness (QED) is 0.162. The zero-order chi connectivity index (χ0) is 41.2. The number of hydrogen-bond acceptors (Lipinski definition) is 1. The molecule has 0 aliphatic heterocycles. The molecule has 2 aliphatic rings. The molecule has 1 spiro atoms. The molecule has 0 amide bonds. The van der Waals surface area contributed by atoms with Crippen LogP contribution in [-0.4, -0.2) is 4.98 Å². The minimum Gasteiger partial charge on any atom is -0.256 e. The van der Waals surface area contributed by atoms with Crippen LogP contribution in [0.1, 0.15) is 22.3 Å². The Kier molecular flexibility index (Phi) is 7.10. The minimum atomic E-state index is -0.531. The van der Waals surface area contributed by atoms with Crippen molar-refractivity contribution >= 4 is 53.9 Å². The van der Waals surface area contributed by atoms with Crippen LogP contribution < -0.4 is 0 Å². The van der Waals surface area contributed by atoms with Gasteiger partial charge in [-0.2, -0.15) is 0 Å². The molecule has 1 heterocycles. The molecule has 14 rings (SSSR count). The van der Waals surface area contributed by atoms with Crippen LogP contribution in [0.25, 0.3) is 110 Å². The number of aromatic nitrogens is 1. The highest BCUT2D eigenvalue weighted by Gasteiger charge is 2.50. The highest BCUT2D eigenvalue weighted by Crippen LogP contribution is 2.62. The Morgan fingerprint density at radius 2 is 0.794 bits per heavy atom. The van der Waals surface area contributed by atoms with Gasteiger partial charge < -0.3 is 0 Å². The SMILES string of the molecule is c1ccc2c(c1)-c1cccc3cccc(c13)C21c2cc(-c3cc4c5ccccc5c(-c5ccc(-c6cccc7ccccc67)cc5)cc4c4ccccc34)ccc2-c2ncccc21. The molecule has 0 saturated carbocycles. The van der Waals surface area contributed by atoms with Crippen molar-refractivity contribution in [2.45, 2.75) is 5.41 Å². The fourth-order valence-electron chi connectivity index (χ4n) is 11.7. The van der Waals surface area contributed by atoms with E-state index in [2.05, 4.69) is 218 Å². The fourth-order valence-corrected chi connectivity index (χ4v) is 11.7. The Hall–Kier alpha value is -8.13. The number of rotatable bonds is 3. The molecule has 11 aromatic carbocycles. The summed E-state index contributed by atoms with van der Waals surface area (Å²) in [7, 11) is 0. The molecule has 12 aromatic rings. The molecule has 1 unspecified atom stereocenters. The summed E-state index contributed by atoms with van der Waals surface area (Å²) < 4.78 is 0. The van der Waals surface area contributed by atoms with Crippen molar-refractivity contribution in [3.63, 3.8) is 0 Å². The first-order chi connectivity index (χ1) is 31.3. The van der Waals surface area contributed by atoms with E-state index in [-0.39, 0.29) is 0 Å². The first-order valence-corrected chi connectivity index (χ1v) is 21.9. The Balaban J connectivity index is 0.997. The molecule has 1 atom stereocenters. The summed E-state index contributed by atoms with van der Waals surface area (Å²) >= 11 is 0. The summed E-state index contributed by atoms with van der Waals surface area (Å²) in [4.78, 5) is 5.14. The Morgan fingerprint density at radius 3 is 1.56 bits per heavy atom. The van der Waals surface area contributed by atoms with Gasteiger partial charge in [0.15, 0.2) is 0 Å². The maximum absolute atomic E-state index is 5.14. The lowest BCUT2D eigenvalue weighted by Crippen LogP contribution is -2.31. The minimum absolute atomic E-state index is 0.531. The highest BCUT2D eigenvalue weighted by molar-refractivity contribution is 6.24. The standard InChI is InChI=1S/C62H37N/c1-2-17-43-38(13-1)14-9-23-44(43)39-28-30-40(31-29-39)52-36-54-48-21-6-4-19-46(48)53(37-55(54)47-20-5-3-18-45(47)52)42-32-33-51-59(35-42)62(58-27-12-34-63-61(51)58)56-25-8-7-22-49(56)50-24-10-15-41-16-11-26-57(62)60(41)50/h1-37H. The van der Waals surface area contributed by atoms with Crippen LogP contribution in [-0.2, 0) is 5.41 Å². The van der Waals surface area contributed by atoms with Gasteiger partial charge in [0.2, 0.25) is 0 Å². The third-order valence-electron chi connectivity index (χ3n) is 14.3. The van der Waals surface area contributed by atoms with Crippen LogP contribution in [0, 0.1) is 0 Å². The molecule has 0 fully saturated rings. The summed E-state index contributed by atoms with van der Waals surface area (Å²) in [6.45, 7) is 0. The highest BCUT2D eigenvalue weighted by atomic mass is 14.7. The van der Waals surface area contributed by atoms with Crippen LogP contribution in [0.2, 0.25) is 0 Å². The molecule has 1 aromatic heterocycles. The third kappa shape index (κ3) is 4.69. The number of nitrogens with zero attached hydrogens (tertiary/aromatic N) is 1. The summed E-state index contributed by atoms with van der Waals surface area (Å²) in [5.74, 6) is 0. The van der Waals surface area contributed by atoms with E-state index in [1.807, 2.05) is 6.20 Å². The Bertz CT molecular complexity index is 3900. The maximum Gasteiger partial charge on any atom is 0.0753 e. The second-order valence-electron chi connectivity index (χ2n) is 17.3. The first kappa shape index (κ1) is 34.6. The van der Waals surface area contributed by atoms with E-state index < -0.39 is 5.41 Å². The van der Waals surface area contributed by atoms with E-state index in [1.54, 1.807) is 0 Å². The summed E-state index contributed by atoms with van der Waals surface area (Å²) in [5, 5.41) is 12.7. The van der Waals surface area contributed by atoms with Crippen LogP contribution >= 0.6 is 0 Å². The van der Waals surface area contributed by atoms with Gasteiger partial charge in [0.05, 0.1) is 11.1 Å². The van der Waals surface area contributed by atoms with E-state index in [9.17, 15) is 0 Å². The molecule has 0 N–H and O–H groups in total. The molecule has 0 radical (unpaired) electrons. The topological polar surface area (TPSA) is 12.9 Å². The zero-order valence-corrected chi connectivity index (χ0v) is 34.3. The molecule has 1 nitrogen and oxygen atoms in total. The Morgan fingerprint density at radius 1 is 0.270 bits per heavy atom. The smallest absolute Gasteiger partial charge is 0.0753 e. The van der Waals surface area contributed by atoms with Gasteiger partial charge in [0, 0.05) is 11.8 Å². The van der Waals surface area contributed by atoms with Crippen molar-refractivity contribution in [3.8, 4) is 55.8 Å². The second kappa shape index (κ2) is 12.9. The largest absolute Gasteiger partial charge is 0.256 e. The summed E-state index contributed by atoms with van der Waals surface area (Å²) in [6.07, 6.45) is 1.95. The molecule has 2 aliphatic carbocycles. The van der Waals surface area contributed by atoms with E-state index in [0.717, 1.165) is 5.69 Å². The molecule has 63 heavy (non-hydrogen) atoms. The number of benzene rings is 11. The van der Waals surface area contributed by atoms with Crippen LogP contribution in [0.3, 0.4) is 0 Å². The van der Waals surface area contributed by atoms with Gasteiger partial charge in [-0.25, -0.2) is 0 Å². The maximum atomic E-state index is 5.14. The number of hydrogen-bond donors (Lipinski definition) is 0. The molecular weight excluding hydrogens is 759 g/mol. The number of pyridine rings is 1. The average Bonchev–Trinajstić information content (AvgIpc) is 3.64. The van der Waals surface area contributed by atoms with Crippen LogP contribution in [0.15, 0.2) is 225 Å². The van der Waals surface area contributed by atoms with E-state index in [1.165, 1.54) is 126 Å². The van der Waals surface area contributed by atoms with Crippen LogP contribution in [0.5, 0.6) is 0 Å². The van der Waals surface area contributed by atoms with Gasteiger partial charge in [0.25, 0.3) is 0 Å². The van der Waals surface area contributed by atoms with Crippen molar-refractivity contribution in [1.82, 2.24) is 4.98 Å². The molecule has 1 heteroatoms. The predicted molar refractivity (Wildman–Crippen MR) is 264 cm³/mol. The van der Waals surface area contributed by atoms with E-state index in [0.29, 0.717) is 0 Å². The average molecular weight is 796 g/mol. The summed E-state index contributed by atoms with van der Waals surface area (Å²) in [5.41, 5.74) is 16.9. The van der Waals surface area contributed by atoms with Gasteiger partial charge in [-0.15, -0.1) is 0 Å². The van der Waals surface area contributed by atoms with Crippen molar-refractivity contribution in [3.05, 3.63) is 247 Å². The molecule has 0 bridgehead atoms. The van der Waals surface area contributed by atoms with Gasteiger partial charge in [-0.1, -0.05) is 194 Å². The molecule has 290 valence electrons. The lowest BCUT2D eigenvalue weighted by Gasteiger charge is -2.39. The fraction of sp³-hybridized carbons (Fsp3) is 0.0161. The van der Waals surface area contributed by atoms with E-state index >= 15 is 0 Å². The summed E-state index contributed by atoms with van der Waals surface area (Å²) in [6, 6.07) is 81.6. The molecular formula is C62H37N. The van der Waals surface area contributed by atoms with Crippen molar-refractivity contribution < 1.29 is 0 Å². The van der Waals surface area contributed by atoms with Gasteiger partial charge >= 0.3 is 0 Å².